The summed E-state index contributed by atoms with van der Waals surface area (Å²) in [4.78, 5) is 0.0692. The van der Waals surface area contributed by atoms with Crippen LogP contribution in [0, 0.1) is 0 Å². The number of nitrogens with zero attached hydrogens (tertiary/aromatic N) is 1. The molecule has 1 aromatic carbocycles. The van der Waals surface area contributed by atoms with Crippen molar-refractivity contribution < 1.29 is 17.9 Å². The minimum atomic E-state index is -3.70. The molecular weight excluding hydrogens is 270 g/mol. The minimum absolute atomic E-state index is 0.0692. The highest BCUT2D eigenvalue weighted by Gasteiger charge is 2.17. The molecule has 0 aliphatic rings. The number of aromatic nitrogens is 2. The topological polar surface area (TPSA) is 93.3 Å². The van der Waals surface area contributed by atoms with Crippen LogP contribution < -0.4 is 14.2 Å². The standard InChI is InChI=1S/C11H13N3O4S/c1-17-9-4-3-8(7-10(9)18-2)19(15,16)14-11-5-6-12-13-11/h3-7H,1-2H3,(H2,12,13,14). The maximum absolute atomic E-state index is 12.1. The van der Waals surface area contributed by atoms with Gasteiger partial charge in [0.2, 0.25) is 0 Å². The minimum Gasteiger partial charge on any atom is -0.493 e. The Bertz CT molecular complexity index is 653. The Morgan fingerprint density at radius 2 is 1.89 bits per heavy atom. The van der Waals surface area contributed by atoms with Crippen LogP contribution in [0.2, 0.25) is 0 Å². The van der Waals surface area contributed by atoms with Gasteiger partial charge in [-0.3, -0.25) is 9.82 Å². The summed E-state index contributed by atoms with van der Waals surface area (Å²) in [5, 5.41) is 6.18. The third-order valence-corrected chi connectivity index (χ3v) is 3.77. The first-order valence-corrected chi connectivity index (χ1v) is 6.79. The van der Waals surface area contributed by atoms with Crippen LogP contribution in [0.15, 0.2) is 35.4 Å². The van der Waals surface area contributed by atoms with Gasteiger partial charge >= 0.3 is 0 Å². The molecule has 0 bridgehead atoms. The predicted molar refractivity (Wildman–Crippen MR) is 68.9 cm³/mol. The molecule has 102 valence electrons. The fraction of sp³-hybridized carbons (Fsp3) is 0.182. The van der Waals surface area contributed by atoms with Gasteiger partial charge in [-0.05, 0) is 12.1 Å². The summed E-state index contributed by atoms with van der Waals surface area (Å²) in [6.07, 6.45) is 1.45. The maximum atomic E-state index is 12.1. The summed E-state index contributed by atoms with van der Waals surface area (Å²) in [6.45, 7) is 0. The van der Waals surface area contributed by atoms with Crippen molar-refractivity contribution in [3.63, 3.8) is 0 Å². The van der Waals surface area contributed by atoms with E-state index in [1.54, 1.807) is 0 Å². The third-order valence-electron chi connectivity index (χ3n) is 2.41. The first-order valence-electron chi connectivity index (χ1n) is 5.31. The van der Waals surface area contributed by atoms with Crippen molar-refractivity contribution in [2.45, 2.75) is 4.90 Å². The molecule has 0 spiro atoms. The normalized spacial score (nSPS) is 11.1. The van der Waals surface area contributed by atoms with Crippen molar-refractivity contribution >= 4 is 15.8 Å². The molecule has 0 aliphatic carbocycles. The summed E-state index contributed by atoms with van der Waals surface area (Å²) in [7, 11) is -0.776. The molecule has 0 amide bonds. The van der Waals surface area contributed by atoms with Gasteiger partial charge in [-0.15, -0.1) is 0 Å². The van der Waals surface area contributed by atoms with E-state index in [0.717, 1.165) is 0 Å². The van der Waals surface area contributed by atoms with E-state index in [2.05, 4.69) is 14.9 Å². The summed E-state index contributed by atoms with van der Waals surface area (Å²) in [5.74, 6) is 1.09. The fourth-order valence-electron chi connectivity index (χ4n) is 1.50. The number of sulfonamides is 1. The second-order valence-corrected chi connectivity index (χ2v) is 5.28. The van der Waals surface area contributed by atoms with Crippen molar-refractivity contribution in [2.75, 3.05) is 18.9 Å². The number of anilines is 1. The van der Waals surface area contributed by atoms with Crippen molar-refractivity contribution in [3.8, 4) is 11.5 Å². The van der Waals surface area contributed by atoms with E-state index in [1.807, 2.05) is 0 Å². The van der Waals surface area contributed by atoms with E-state index in [1.165, 1.54) is 44.7 Å². The Morgan fingerprint density at radius 1 is 1.16 bits per heavy atom. The monoisotopic (exact) mass is 283 g/mol. The van der Waals surface area contributed by atoms with Crippen LogP contribution in [0.3, 0.4) is 0 Å². The van der Waals surface area contributed by atoms with Gasteiger partial charge in [0.15, 0.2) is 11.5 Å². The van der Waals surface area contributed by atoms with Crippen LogP contribution in [0.5, 0.6) is 11.5 Å². The van der Waals surface area contributed by atoms with Crippen LogP contribution in [0.1, 0.15) is 0 Å². The molecule has 0 saturated heterocycles. The number of hydrogen-bond acceptors (Lipinski definition) is 5. The van der Waals surface area contributed by atoms with E-state index >= 15 is 0 Å². The number of hydrogen-bond donors (Lipinski definition) is 2. The summed E-state index contributed by atoms with van der Waals surface area (Å²) < 4.78 is 36.7. The Balaban J connectivity index is 2.35. The highest BCUT2D eigenvalue weighted by molar-refractivity contribution is 7.92. The zero-order chi connectivity index (χ0) is 13.9. The Morgan fingerprint density at radius 3 is 2.47 bits per heavy atom. The van der Waals surface area contributed by atoms with E-state index in [0.29, 0.717) is 11.5 Å². The first-order chi connectivity index (χ1) is 9.06. The average Bonchev–Trinajstić information content (AvgIpc) is 2.89. The van der Waals surface area contributed by atoms with Gasteiger partial charge in [0.1, 0.15) is 5.82 Å². The summed E-state index contributed by atoms with van der Waals surface area (Å²) >= 11 is 0. The number of methoxy groups -OCH3 is 2. The third kappa shape index (κ3) is 2.79. The van der Waals surface area contributed by atoms with Crippen LogP contribution in [0.25, 0.3) is 0 Å². The van der Waals surface area contributed by atoms with Gasteiger partial charge in [-0.2, -0.15) is 5.10 Å². The summed E-state index contributed by atoms with van der Waals surface area (Å²) in [5.41, 5.74) is 0. The van der Waals surface area contributed by atoms with Crippen LogP contribution in [-0.2, 0) is 10.0 Å². The molecule has 8 heteroatoms. The van der Waals surface area contributed by atoms with Gasteiger partial charge in [-0.25, -0.2) is 8.42 Å². The van der Waals surface area contributed by atoms with E-state index in [9.17, 15) is 8.42 Å². The van der Waals surface area contributed by atoms with Gasteiger partial charge < -0.3 is 9.47 Å². The zero-order valence-corrected chi connectivity index (χ0v) is 11.2. The number of benzene rings is 1. The molecule has 0 unspecified atom stereocenters. The maximum Gasteiger partial charge on any atom is 0.263 e. The van der Waals surface area contributed by atoms with E-state index < -0.39 is 10.0 Å². The number of rotatable bonds is 5. The van der Waals surface area contributed by atoms with Crippen molar-refractivity contribution in [3.05, 3.63) is 30.5 Å². The molecule has 2 rings (SSSR count). The summed E-state index contributed by atoms with van der Waals surface area (Å²) in [6, 6.07) is 5.86. The first kappa shape index (κ1) is 13.2. The quantitative estimate of drug-likeness (QED) is 0.860. The zero-order valence-electron chi connectivity index (χ0n) is 10.4. The lowest BCUT2D eigenvalue weighted by molar-refractivity contribution is 0.354. The molecule has 0 aliphatic heterocycles. The van der Waals surface area contributed by atoms with Crippen LogP contribution >= 0.6 is 0 Å². The van der Waals surface area contributed by atoms with Gasteiger partial charge in [0, 0.05) is 12.1 Å². The lowest BCUT2D eigenvalue weighted by Crippen LogP contribution is -2.13. The van der Waals surface area contributed by atoms with Gasteiger partial charge in [0.05, 0.1) is 25.3 Å². The van der Waals surface area contributed by atoms with Crippen molar-refractivity contribution in [1.82, 2.24) is 10.2 Å². The molecule has 1 heterocycles. The molecule has 0 saturated carbocycles. The molecule has 19 heavy (non-hydrogen) atoms. The molecule has 0 atom stereocenters. The molecular formula is C11H13N3O4S. The van der Waals surface area contributed by atoms with Crippen molar-refractivity contribution in [1.29, 1.82) is 0 Å². The molecule has 2 N–H and O–H groups in total. The fourth-order valence-corrected chi connectivity index (χ4v) is 2.53. The van der Waals surface area contributed by atoms with E-state index in [4.69, 9.17) is 9.47 Å². The van der Waals surface area contributed by atoms with Gasteiger partial charge in [0.25, 0.3) is 10.0 Å². The smallest absolute Gasteiger partial charge is 0.263 e. The van der Waals surface area contributed by atoms with E-state index in [-0.39, 0.29) is 10.7 Å². The number of H-pyrrole nitrogens is 1. The molecule has 0 fully saturated rings. The molecule has 2 aromatic rings. The molecule has 7 nitrogen and oxygen atoms in total. The SMILES string of the molecule is COc1ccc(S(=O)(=O)Nc2ccn[nH]2)cc1OC. The molecule has 0 radical (unpaired) electrons. The Kier molecular flexibility index (Phi) is 3.61. The Labute approximate surface area is 110 Å². The largest absolute Gasteiger partial charge is 0.493 e. The highest BCUT2D eigenvalue weighted by atomic mass is 32.2. The molecule has 1 aromatic heterocycles. The van der Waals surface area contributed by atoms with Crippen molar-refractivity contribution in [2.24, 2.45) is 0 Å². The lowest BCUT2D eigenvalue weighted by Gasteiger charge is -2.10. The number of aromatic amines is 1. The average molecular weight is 283 g/mol. The van der Waals surface area contributed by atoms with Gasteiger partial charge in [-0.1, -0.05) is 0 Å². The van der Waals surface area contributed by atoms with Crippen LogP contribution in [-0.4, -0.2) is 32.8 Å². The highest BCUT2D eigenvalue weighted by Crippen LogP contribution is 2.29. The lowest BCUT2D eigenvalue weighted by atomic mass is 10.3. The predicted octanol–water partition coefficient (Wildman–Crippen LogP) is 1.23. The number of ether oxygens (including phenoxy) is 2. The second-order valence-electron chi connectivity index (χ2n) is 3.59. The second kappa shape index (κ2) is 5.19. The van der Waals surface area contributed by atoms with Crippen LogP contribution in [0.4, 0.5) is 5.82 Å². The Hall–Kier alpha value is -2.22. The number of nitrogens with one attached hydrogen (secondary N) is 2.